The topological polar surface area (TPSA) is 110 Å². The van der Waals surface area contributed by atoms with E-state index in [1.807, 2.05) is 118 Å². The van der Waals surface area contributed by atoms with E-state index in [0.29, 0.717) is 36.0 Å². The highest BCUT2D eigenvalue weighted by Crippen LogP contribution is 2.47. The van der Waals surface area contributed by atoms with Crippen LogP contribution in [0.5, 0.6) is 0 Å². The zero-order valence-corrected chi connectivity index (χ0v) is 37.5. The molecule has 0 unspecified atom stereocenters. The third-order valence-corrected chi connectivity index (χ3v) is 14.2. The van der Waals surface area contributed by atoms with E-state index in [-0.39, 0.29) is 38.0 Å². The predicted octanol–water partition coefficient (Wildman–Crippen LogP) is 9.92. The Morgan fingerprint density at radius 2 is 0.857 bits per heavy atom. The number of halogens is 2. The molecule has 0 atom stereocenters. The fourth-order valence-corrected chi connectivity index (χ4v) is 9.97. The molecule has 63 heavy (non-hydrogen) atoms. The molecule has 2 saturated carbocycles. The van der Waals surface area contributed by atoms with Gasteiger partial charge < -0.3 is 25.1 Å². The molecule has 4 aliphatic rings. The molecule has 4 aromatic rings. The number of benzene rings is 4. The highest BCUT2D eigenvalue weighted by Gasteiger charge is 2.51. The van der Waals surface area contributed by atoms with Crippen LogP contribution in [0.3, 0.4) is 0 Å². The fraction of sp³-hybridized carbons (Fsp3) is 0.462. The Labute approximate surface area is 386 Å². The van der Waals surface area contributed by atoms with Gasteiger partial charge in [-0.05, 0) is 111 Å². The molecule has 2 N–H and O–H groups in total. The van der Waals surface area contributed by atoms with E-state index in [9.17, 15) is 24.3 Å². The third kappa shape index (κ3) is 10.5. The number of likely N-dealkylation sites (N-methyl/N-ethyl adjacent to an activating group) is 2. The summed E-state index contributed by atoms with van der Waals surface area (Å²) in [7, 11) is 7.31. The monoisotopic (exact) mass is 898 g/mol. The summed E-state index contributed by atoms with van der Waals surface area (Å²) in [5.74, 6) is -0.164. The number of likely N-dealkylation sites (tertiary alicyclic amines) is 1. The van der Waals surface area contributed by atoms with Crippen LogP contribution in [0.25, 0.3) is 0 Å². The maximum absolute atomic E-state index is 13.6. The number of aliphatic carboxylic acids is 1. The molecule has 0 radical (unpaired) electrons. The quantitative estimate of drug-likeness (QED) is 0.182. The van der Waals surface area contributed by atoms with Crippen molar-refractivity contribution in [3.8, 4) is 0 Å². The Hall–Kier alpha value is -4.70. The first kappa shape index (κ1) is 50.9. The van der Waals surface area contributed by atoms with Crippen LogP contribution in [-0.4, -0.2) is 97.9 Å². The second-order valence-corrected chi connectivity index (χ2v) is 18.4. The predicted molar refractivity (Wildman–Crippen MR) is 257 cm³/mol. The fourth-order valence-electron chi connectivity index (χ4n) is 9.72. The number of hydrogen-bond acceptors (Lipinski definition) is 5. The lowest BCUT2D eigenvalue weighted by Crippen LogP contribution is -2.57. The second kappa shape index (κ2) is 21.8. The van der Waals surface area contributed by atoms with E-state index in [4.69, 9.17) is 23.2 Å². The highest BCUT2D eigenvalue weighted by atomic mass is 35.5. The number of amides is 3. The summed E-state index contributed by atoms with van der Waals surface area (Å²) in [6.45, 7) is 3.02. The summed E-state index contributed by atoms with van der Waals surface area (Å²) < 4.78 is 0. The summed E-state index contributed by atoms with van der Waals surface area (Å²) >= 11 is 11.8. The Morgan fingerprint density at radius 1 is 0.508 bits per heavy atom. The molecule has 2 aliphatic heterocycles. The van der Waals surface area contributed by atoms with E-state index in [2.05, 4.69) is 17.4 Å². The number of nitrogens with zero attached hydrogens (tertiary/aromatic N) is 3. The Morgan fingerprint density at radius 3 is 1.19 bits per heavy atom. The summed E-state index contributed by atoms with van der Waals surface area (Å²) in [5, 5.41) is 13.8. The van der Waals surface area contributed by atoms with Crippen molar-refractivity contribution in [3.05, 3.63) is 141 Å². The van der Waals surface area contributed by atoms with Gasteiger partial charge in [-0.2, -0.15) is 0 Å². The van der Waals surface area contributed by atoms with Gasteiger partial charge in [0, 0.05) is 51.3 Å². The minimum absolute atomic E-state index is 0. The molecule has 2 heterocycles. The van der Waals surface area contributed by atoms with Crippen molar-refractivity contribution >= 4 is 46.9 Å². The molecule has 11 heteroatoms. The van der Waals surface area contributed by atoms with E-state index >= 15 is 0 Å². The number of piperidine rings is 2. The number of carboxylic acids is 1. The molecule has 2 saturated heterocycles. The maximum atomic E-state index is 13.6. The van der Waals surface area contributed by atoms with Gasteiger partial charge in [-0.3, -0.25) is 19.2 Å². The molecule has 0 aromatic heterocycles. The summed E-state index contributed by atoms with van der Waals surface area (Å²) in [5.41, 5.74) is 2.19. The number of carboxylic acid groups (broad SMARTS) is 1. The van der Waals surface area contributed by atoms with Crippen molar-refractivity contribution in [2.24, 2.45) is 0 Å². The molecule has 8 rings (SSSR count). The van der Waals surface area contributed by atoms with Crippen molar-refractivity contribution in [3.63, 3.8) is 0 Å². The molecule has 4 fully saturated rings. The van der Waals surface area contributed by atoms with Gasteiger partial charge in [-0.25, -0.2) is 0 Å². The van der Waals surface area contributed by atoms with Gasteiger partial charge in [0.15, 0.2) is 0 Å². The third-order valence-electron chi connectivity index (χ3n) is 13.7. The van der Waals surface area contributed by atoms with Crippen LogP contribution in [0.15, 0.2) is 109 Å². The van der Waals surface area contributed by atoms with Crippen molar-refractivity contribution in [1.29, 1.82) is 0 Å². The minimum atomic E-state index is -0.717. The van der Waals surface area contributed by atoms with Crippen LogP contribution in [0.1, 0.15) is 101 Å². The Bertz CT molecular complexity index is 2110. The number of carbonyl (C=O) groups is 4. The average molecular weight is 900 g/mol. The van der Waals surface area contributed by atoms with Gasteiger partial charge in [0.2, 0.25) is 17.7 Å². The summed E-state index contributed by atoms with van der Waals surface area (Å²) in [6, 6.07) is 35.1. The first-order chi connectivity index (χ1) is 29.2. The lowest BCUT2D eigenvalue weighted by Gasteiger charge is -2.48. The number of nitrogens with one attached hydrogen (secondary N) is 1. The van der Waals surface area contributed by atoms with Crippen LogP contribution in [0.2, 0.25) is 10.0 Å². The van der Waals surface area contributed by atoms with Crippen molar-refractivity contribution in [1.82, 2.24) is 20.0 Å². The van der Waals surface area contributed by atoms with E-state index in [1.54, 1.807) is 21.9 Å². The van der Waals surface area contributed by atoms with Crippen LogP contribution in [0, 0.1) is 0 Å². The first-order valence-corrected chi connectivity index (χ1v) is 22.3. The van der Waals surface area contributed by atoms with Crippen molar-refractivity contribution in [2.45, 2.75) is 101 Å². The van der Waals surface area contributed by atoms with E-state index in [0.717, 1.165) is 86.7 Å². The lowest BCUT2D eigenvalue weighted by atomic mass is 9.63. The Kier molecular flexibility index (Phi) is 17.6. The zero-order valence-electron chi connectivity index (χ0n) is 36.0. The minimum Gasteiger partial charge on any atom is -0.481 e. The van der Waals surface area contributed by atoms with Gasteiger partial charge in [-0.1, -0.05) is 136 Å². The maximum Gasteiger partial charge on any atom is 0.314 e. The first-order valence-electron chi connectivity index (χ1n) is 21.5. The number of rotatable bonds is 8. The van der Waals surface area contributed by atoms with Crippen LogP contribution < -0.4 is 5.32 Å². The molecule has 0 spiro atoms. The number of carbonyl (C=O) groups excluding carboxylic acids is 3. The molecule has 3 amide bonds. The summed E-state index contributed by atoms with van der Waals surface area (Å²) in [4.78, 5) is 55.9. The van der Waals surface area contributed by atoms with Gasteiger partial charge >= 0.3 is 5.97 Å². The standard InChI is InChI=1S/C25H29ClN2O2.C14H20N2O.C11H11ClO2.2CH4/c1-27(2)22(29)25(19-7-4-3-5-8-19)15-17-28(18-16-25)23(30)24(13-6-14-24)20-9-11-21(26)12-10-20;1-16(2)13(17)14(8-10-15-11-9-14)12-6-4-3-5-7-12;12-9-4-2-8(3-5-9)11(10(13)14)6-1-7-11;;/h3-5,7-12H,6,13-18H2,1-2H3;3-7,15H,8-11H2,1-2H3;2-5H,1,6-7H2,(H,13,14);2*1H4. The molecule has 9 nitrogen and oxygen atoms in total. The van der Waals surface area contributed by atoms with Gasteiger partial charge in [0.1, 0.15) is 0 Å². The van der Waals surface area contributed by atoms with Crippen molar-refractivity contribution < 1.29 is 24.3 Å². The van der Waals surface area contributed by atoms with E-state index < -0.39 is 22.2 Å². The van der Waals surface area contributed by atoms with Gasteiger partial charge in [0.05, 0.1) is 21.7 Å². The normalized spacial score (nSPS) is 18.5. The van der Waals surface area contributed by atoms with Crippen molar-refractivity contribution in [2.75, 3.05) is 54.4 Å². The molecule has 0 bridgehead atoms. The van der Waals surface area contributed by atoms with Crippen LogP contribution in [-0.2, 0) is 40.8 Å². The largest absolute Gasteiger partial charge is 0.481 e. The van der Waals surface area contributed by atoms with Crippen LogP contribution in [0.4, 0.5) is 0 Å². The van der Waals surface area contributed by atoms with Gasteiger partial charge in [-0.15, -0.1) is 0 Å². The van der Waals surface area contributed by atoms with Gasteiger partial charge in [0.25, 0.3) is 0 Å². The highest BCUT2D eigenvalue weighted by molar-refractivity contribution is 6.30. The average Bonchev–Trinajstić information content (AvgIpc) is 3.25. The number of hydrogen-bond donors (Lipinski definition) is 2. The van der Waals surface area contributed by atoms with E-state index in [1.165, 1.54) is 0 Å². The molecule has 4 aromatic carbocycles. The Balaban J connectivity index is 0.000000224. The summed E-state index contributed by atoms with van der Waals surface area (Å²) in [6.07, 6.45) is 8.36. The van der Waals surface area contributed by atoms with Crippen LogP contribution >= 0.6 is 23.2 Å². The smallest absolute Gasteiger partial charge is 0.314 e. The molecule has 2 aliphatic carbocycles. The SMILES string of the molecule is C.C.CN(C)C(=O)C1(c2ccccc2)CCN(C(=O)C2(c3ccc(Cl)cc3)CCC2)CC1.CN(C)C(=O)C1(c2ccccc2)CCNCC1.O=C(O)C1(c2ccc(Cl)cc2)CCC1. The second-order valence-electron chi connectivity index (χ2n) is 17.5. The molecular weight excluding hydrogens is 832 g/mol. The molecular formula is C52H68Cl2N4O5. The molecule has 340 valence electrons. The zero-order chi connectivity index (χ0) is 43.8. The lowest BCUT2D eigenvalue weighted by molar-refractivity contribution is -0.147.